The van der Waals surface area contributed by atoms with E-state index in [9.17, 15) is 4.79 Å². The number of benzene rings is 1. The first-order valence-corrected chi connectivity index (χ1v) is 9.72. The van der Waals surface area contributed by atoms with Gasteiger partial charge in [-0.25, -0.2) is 4.98 Å². The molecule has 0 N–H and O–H groups in total. The molecular weight excluding hydrogens is 352 g/mol. The maximum atomic E-state index is 13.2. The highest BCUT2D eigenvalue weighted by Crippen LogP contribution is 2.42. The predicted molar refractivity (Wildman–Crippen MR) is 101 cm³/mol. The molecule has 2 atom stereocenters. The highest BCUT2D eigenvalue weighted by Gasteiger charge is 2.34. The number of nitrogens with zero attached hydrogens (tertiary/aromatic N) is 4. The smallest absolute Gasteiger partial charge is 0.278 e. The molecule has 25 heavy (non-hydrogen) atoms. The van der Waals surface area contributed by atoms with E-state index in [1.165, 1.54) is 11.3 Å². The van der Waals surface area contributed by atoms with Crippen LogP contribution in [-0.2, 0) is 0 Å². The fourth-order valence-electron chi connectivity index (χ4n) is 2.80. The zero-order valence-corrected chi connectivity index (χ0v) is 15.4. The zero-order chi connectivity index (χ0) is 17.4. The molecule has 2 unspecified atom stereocenters. The SMILES string of the molecule is CC1Sc2ccccc2N(C(=O)c2csc(-c3cnccn3)n2)C1C. The van der Waals surface area contributed by atoms with E-state index in [-0.39, 0.29) is 11.9 Å². The summed E-state index contributed by atoms with van der Waals surface area (Å²) in [6.45, 7) is 4.24. The Bertz CT molecular complexity index is 912. The third-order valence-corrected chi connectivity index (χ3v) is 6.48. The van der Waals surface area contributed by atoms with Crippen molar-refractivity contribution in [3.05, 3.63) is 53.9 Å². The number of amides is 1. The Labute approximate surface area is 154 Å². The van der Waals surface area contributed by atoms with Crippen LogP contribution in [0, 0.1) is 0 Å². The highest BCUT2D eigenvalue weighted by atomic mass is 32.2. The summed E-state index contributed by atoms with van der Waals surface area (Å²) < 4.78 is 0. The summed E-state index contributed by atoms with van der Waals surface area (Å²) in [4.78, 5) is 29.0. The number of hydrogen-bond donors (Lipinski definition) is 0. The van der Waals surface area contributed by atoms with Crippen molar-refractivity contribution in [3.63, 3.8) is 0 Å². The van der Waals surface area contributed by atoms with Crippen LogP contribution in [0.2, 0.25) is 0 Å². The van der Waals surface area contributed by atoms with E-state index in [0.29, 0.717) is 21.6 Å². The second-order valence-electron chi connectivity index (χ2n) is 5.84. The molecule has 3 heterocycles. The van der Waals surface area contributed by atoms with Crippen LogP contribution in [0.15, 0.2) is 53.1 Å². The number of carbonyl (C=O) groups excluding carboxylic acids is 1. The lowest BCUT2D eigenvalue weighted by Crippen LogP contribution is -2.46. The first-order valence-electron chi connectivity index (χ1n) is 7.96. The normalized spacial score (nSPS) is 19.5. The lowest BCUT2D eigenvalue weighted by atomic mass is 10.1. The quantitative estimate of drug-likeness (QED) is 0.681. The molecule has 1 aliphatic rings. The van der Waals surface area contributed by atoms with Gasteiger partial charge in [0.05, 0.1) is 11.9 Å². The highest BCUT2D eigenvalue weighted by molar-refractivity contribution is 8.00. The van der Waals surface area contributed by atoms with Gasteiger partial charge in [-0.3, -0.25) is 14.8 Å². The van der Waals surface area contributed by atoms with Crippen LogP contribution in [0.1, 0.15) is 24.3 Å². The van der Waals surface area contributed by atoms with Crippen LogP contribution in [-0.4, -0.2) is 32.2 Å². The number of anilines is 1. The Morgan fingerprint density at radius 3 is 2.84 bits per heavy atom. The van der Waals surface area contributed by atoms with Gasteiger partial charge in [-0.05, 0) is 19.1 Å². The molecule has 4 rings (SSSR count). The minimum Gasteiger partial charge on any atom is -0.302 e. The van der Waals surface area contributed by atoms with Gasteiger partial charge in [-0.1, -0.05) is 19.1 Å². The Balaban J connectivity index is 1.70. The van der Waals surface area contributed by atoms with Crippen molar-refractivity contribution in [2.75, 3.05) is 4.90 Å². The summed E-state index contributed by atoms with van der Waals surface area (Å²) in [6.07, 6.45) is 4.90. The third-order valence-electron chi connectivity index (χ3n) is 4.25. The standard InChI is InChI=1S/C18H16N4OS2/c1-11-12(2)25-16-6-4-3-5-15(16)22(11)18(23)14-10-24-17(21-14)13-9-19-7-8-20-13/h3-12H,1-2H3. The fraction of sp³-hybridized carbons (Fsp3) is 0.222. The molecule has 1 amide bonds. The number of para-hydroxylation sites is 1. The van der Waals surface area contributed by atoms with Crippen molar-refractivity contribution in [3.8, 4) is 10.7 Å². The molecule has 0 bridgehead atoms. The molecule has 1 aromatic carbocycles. The number of hydrogen-bond acceptors (Lipinski definition) is 6. The van der Waals surface area contributed by atoms with Crippen molar-refractivity contribution in [1.82, 2.24) is 15.0 Å². The molecule has 7 heteroatoms. The van der Waals surface area contributed by atoms with Crippen LogP contribution in [0.5, 0.6) is 0 Å². The summed E-state index contributed by atoms with van der Waals surface area (Å²) in [5.74, 6) is -0.0708. The van der Waals surface area contributed by atoms with E-state index in [4.69, 9.17) is 0 Å². The molecule has 0 radical (unpaired) electrons. The van der Waals surface area contributed by atoms with E-state index in [0.717, 1.165) is 10.6 Å². The number of aromatic nitrogens is 3. The molecule has 5 nitrogen and oxygen atoms in total. The summed E-state index contributed by atoms with van der Waals surface area (Å²) in [6, 6.07) is 8.13. The Kier molecular flexibility index (Phi) is 4.27. The first-order chi connectivity index (χ1) is 12.1. The van der Waals surface area contributed by atoms with Gasteiger partial charge in [-0.2, -0.15) is 0 Å². The van der Waals surface area contributed by atoms with Crippen molar-refractivity contribution in [1.29, 1.82) is 0 Å². The predicted octanol–water partition coefficient (Wildman–Crippen LogP) is 4.13. The molecule has 2 aromatic heterocycles. The largest absolute Gasteiger partial charge is 0.302 e. The lowest BCUT2D eigenvalue weighted by Gasteiger charge is -2.38. The molecule has 1 aliphatic heterocycles. The minimum absolute atomic E-state index is 0.0708. The average Bonchev–Trinajstić information content (AvgIpc) is 3.13. The third kappa shape index (κ3) is 2.94. The van der Waals surface area contributed by atoms with Crippen molar-refractivity contribution in [2.45, 2.75) is 30.0 Å². The Hall–Kier alpha value is -2.25. The van der Waals surface area contributed by atoms with Gasteiger partial charge in [-0.15, -0.1) is 23.1 Å². The van der Waals surface area contributed by atoms with Crippen LogP contribution < -0.4 is 4.90 Å². The number of carbonyl (C=O) groups is 1. The molecule has 126 valence electrons. The van der Waals surface area contributed by atoms with Crippen LogP contribution in [0.3, 0.4) is 0 Å². The zero-order valence-electron chi connectivity index (χ0n) is 13.8. The van der Waals surface area contributed by atoms with Crippen molar-refractivity contribution < 1.29 is 4.79 Å². The summed E-state index contributed by atoms with van der Waals surface area (Å²) >= 11 is 3.22. The number of fused-ring (bicyclic) bond motifs is 1. The van der Waals surface area contributed by atoms with Gasteiger partial charge in [0.1, 0.15) is 16.4 Å². The first kappa shape index (κ1) is 16.2. The van der Waals surface area contributed by atoms with Gasteiger partial charge in [0.15, 0.2) is 0 Å². The summed E-state index contributed by atoms with van der Waals surface area (Å²) in [5.41, 5.74) is 2.09. The Morgan fingerprint density at radius 1 is 1.20 bits per heavy atom. The average molecular weight is 368 g/mol. The summed E-state index contributed by atoms with van der Waals surface area (Å²) in [5, 5.41) is 2.82. The lowest BCUT2D eigenvalue weighted by molar-refractivity contribution is 0.0973. The van der Waals surface area contributed by atoms with Gasteiger partial charge < -0.3 is 4.90 Å². The van der Waals surface area contributed by atoms with E-state index in [2.05, 4.69) is 34.9 Å². The molecular formula is C18H16N4OS2. The van der Waals surface area contributed by atoms with Gasteiger partial charge >= 0.3 is 0 Å². The second-order valence-corrected chi connectivity index (χ2v) is 8.11. The number of thioether (sulfide) groups is 1. The van der Waals surface area contributed by atoms with E-state index < -0.39 is 0 Å². The van der Waals surface area contributed by atoms with Crippen LogP contribution in [0.25, 0.3) is 10.7 Å². The van der Waals surface area contributed by atoms with E-state index in [1.54, 1.807) is 24.0 Å². The molecule has 3 aromatic rings. The molecule has 0 fully saturated rings. The Morgan fingerprint density at radius 2 is 2.04 bits per heavy atom. The van der Waals surface area contributed by atoms with E-state index >= 15 is 0 Å². The number of thiazole rings is 1. The maximum Gasteiger partial charge on any atom is 0.278 e. The minimum atomic E-state index is -0.0708. The van der Waals surface area contributed by atoms with Gasteiger partial charge in [0.25, 0.3) is 5.91 Å². The van der Waals surface area contributed by atoms with Crippen LogP contribution >= 0.6 is 23.1 Å². The fourth-order valence-corrected chi connectivity index (χ4v) is 4.72. The van der Waals surface area contributed by atoms with Crippen molar-refractivity contribution in [2.24, 2.45) is 0 Å². The second kappa shape index (κ2) is 6.57. The van der Waals surface area contributed by atoms with E-state index in [1.807, 2.05) is 34.9 Å². The van der Waals surface area contributed by atoms with Crippen LogP contribution in [0.4, 0.5) is 5.69 Å². The topological polar surface area (TPSA) is 59.0 Å². The van der Waals surface area contributed by atoms with Gasteiger partial charge in [0, 0.05) is 34.0 Å². The van der Waals surface area contributed by atoms with Crippen molar-refractivity contribution >= 4 is 34.7 Å². The molecule has 0 aliphatic carbocycles. The summed E-state index contributed by atoms with van der Waals surface area (Å²) in [7, 11) is 0. The molecule has 0 saturated heterocycles. The monoisotopic (exact) mass is 368 g/mol. The van der Waals surface area contributed by atoms with Gasteiger partial charge in [0.2, 0.25) is 0 Å². The molecule has 0 saturated carbocycles. The maximum absolute atomic E-state index is 13.2. The number of rotatable bonds is 2. The molecule has 0 spiro atoms.